The van der Waals surface area contributed by atoms with Crippen LogP contribution in [0.15, 0.2) is 28.8 Å². The van der Waals surface area contributed by atoms with Crippen molar-refractivity contribution in [1.29, 1.82) is 0 Å². The fourth-order valence-electron chi connectivity index (χ4n) is 4.35. The second-order valence-electron chi connectivity index (χ2n) is 10.4. The molecule has 0 saturated carbocycles. The number of β-amino-alcohol motifs (C(OH)–C–C–N with tert-alkyl or cyclic N) is 1. The quantitative estimate of drug-likeness (QED) is 0.602. The van der Waals surface area contributed by atoms with Crippen LogP contribution in [-0.4, -0.2) is 77.9 Å². The van der Waals surface area contributed by atoms with Gasteiger partial charge in [0.1, 0.15) is 6.04 Å². The van der Waals surface area contributed by atoms with Crippen molar-refractivity contribution < 1.29 is 23.5 Å². The van der Waals surface area contributed by atoms with Gasteiger partial charge in [-0.25, -0.2) is 13.6 Å². The molecular weight excluding hydrogens is 456 g/mol. The number of piperidine rings is 2. The Morgan fingerprint density at radius 1 is 1.23 bits per heavy atom. The van der Waals surface area contributed by atoms with E-state index in [1.165, 1.54) is 6.07 Å². The number of urea groups is 1. The fraction of sp³-hybridized carbons (Fsp3) is 0.560. The predicted octanol–water partition coefficient (Wildman–Crippen LogP) is 2.52. The maximum absolute atomic E-state index is 13.8. The molecule has 4 N–H and O–H groups in total. The first-order valence-electron chi connectivity index (χ1n) is 11.8. The van der Waals surface area contributed by atoms with Gasteiger partial charge in [-0.05, 0) is 43.5 Å². The average molecular weight is 492 g/mol. The Bertz CT molecular complexity index is 1030. The zero-order valence-corrected chi connectivity index (χ0v) is 20.8. The number of likely N-dealkylation sites (N-methyl/N-ethyl adjacent to an activating group) is 1. The number of carbonyl (C=O) groups is 2. The number of hydrogen-bond donors (Lipinski definition) is 3. The first-order chi connectivity index (χ1) is 16.4. The molecule has 0 bridgehead atoms. The molecule has 192 valence electrons. The van der Waals surface area contributed by atoms with Gasteiger partial charge >= 0.3 is 6.03 Å². The number of aliphatic hydroxyl groups excluding tert-OH is 1. The molecule has 2 aliphatic heterocycles. The van der Waals surface area contributed by atoms with E-state index in [1.54, 1.807) is 4.90 Å². The third-order valence-corrected chi connectivity index (χ3v) is 6.39. The van der Waals surface area contributed by atoms with Gasteiger partial charge < -0.3 is 26.0 Å². The van der Waals surface area contributed by atoms with E-state index < -0.39 is 35.2 Å². The highest BCUT2D eigenvalue weighted by atomic mass is 19.2. The van der Waals surface area contributed by atoms with Crippen LogP contribution in [0.2, 0.25) is 0 Å². The second kappa shape index (κ2) is 10.8. The van der Waals surface area contributed by atoms with Crippen LogP contribution in [0.3, 0.4) is 0 Å². The first-order valence-corrected chi connectivity index (χ1v) is 11.8. The lowest BCUT2D eigenvalue weighted by molar-refractivity contribution is -0.138. The number of aliphatic hydroxyl groups is 1. The third kappa shape index (κ3) is 6.64. The summed E-state index contributed by atoms with van der Waals surface area (Å²) in [5.74, 6) is -2.24. The van der Waals surface area contributed by atoms with Crippen molar-refractivity contribution >= 4 is 23.3 Å². The summed E-state index contributed by atoms with van der Waals surface area (Å²) >= 11 is 0. The molecule has 0 radical (unpaired) electrons. The molecule has 35 heavy (non-hydrogen) atoms. The number of hydrogen-bond acceptors (Lipinski definition) is 5. The zero-order chi connectivity index (χ0) is 25.9. The molecule has 2 aliphatic rings. The van der Waals surface area contributed by atoms with Crippen LogP contribution in [0.25, 0.3) is 5.70 Å². The lowest BCUT2D eigenvalue weighted by atomic mass is 9.85. The Hall–Kier alpha value is -2.85. The number of benzene rings is 1. The number of carbonyl (C=O) groups excluding carboxylic acids is 2. The van der Waals surface area contributed by atoms with Gasteiger partial charge in [0.25, 0.3) is 0 Å². The number of likely N-dealkylation sites (tertiary alicyclic amines) is 2. The molecule has 2 heterocycles. The SMILES string of the molecule is CN1CCC(=NC(=O)NC(C(=O)N2CCCC(O)C2)C(C)(C)C)C(=C(N)c2ccc(F)c(F)c2)C1. The van der Waals surface area contributed by atoms with E-state index in [1.807, 2.05) is 32.7 Å². The topological polar surface area (TPSA) is 111 Å². The number of amides is 3. The lowest BCUT2D eigenvalue weighted by Gasteiger charge is -2.37. The van der Waals surface area contributed by atoms with E-state index >= 15 is 0 Å². The van der Waals surface area contributed by atoms with Gasteiger partial charge in [0.15, 0.2) is 11.6 Å². The maximum atomic E-state index is 13.8. The van der Waals surface area contributed by atoms with E-state index in [2.05, 4.69) is 10.3 Å². The van der Waals surface area contributed by atoms with Crippen molar-refractivity contribution in [1.82, 2.24) is 15.1 Å². The molecule has 1 aromatic carbocycles. The third-order valence-electron chi connectivity index (χ3n) is 6.39. The minimum atomic E-state index is -1.01. The summed E-state index contributed by atoms with van der Waals surface area (Å²) in [5, 5.41) is 12.7. The van der Waals surface area contributed by atoms with Gasteiger partial charge in [0, 0.05) is 49.4 Å². The van der Waals surface area contributed by atoms with Crippen LogP contribution in [0, 0.1) is 17.0 Å². The molecule has 0 spiro atoms. The van der Waals surface area contributed by atoms with E-state index in [4.69, 9.17) is 5.73 Å². The summed E-state index contributed by atoms with van der Waals surface area (Å²) in [7, 11) is 1.89. The van der Waals surface area contributed by atoms with E-state index in [-0.39, 0.29) is 18.1 Å². The standard InChI is InChI=1S/C25H35F2N5O3/c1-25(2,3)22(23(34)32-10-5-6-16(33)13-32)30-24(35)29-20-9-11-31(4)14-17(20)21(28)15-7-8-18(26)19(27)12-15/h7-8,12,16,22,33H,5-6,9-11,13-14,28H2,1-4H3,(H,30,35). The summed E-state index contributed by atoms with van der Waals surface area (Å²) in [6, 6.07) is 1.89. The molecule has 2 fully saturated rings. The largest absolute Gasteiger partial charge is 0.398 e. The molecule has 8 nitrogen and oxygen atoms in total. The number of nitrogens with zero attached hydrogens (tertiary/aromatic N) is 3. The summed E-state index contributed by atoms with van der Waals surface area (Å²) in [6.45, 7) is 7.33. The second-order valence-corrected chi connectivity index (χ2v) is 10.4. The Labute approximate surface area is 204 Å². The first kappa shape index (κ1) is 26.7. The van der Waals surface area contributed by atoms with Gasteiger partial charge in [-0.3, -0.25) is 4.79 Å². The van der Waals surface area contributed by atoms with Crippen molar-refractivity contribution in [2.45, 2.75) is 52.2 Å². The van der Waals surface area contributed by atoms with E-state index in [9.17, 15) is 23.5 Å². The van der Waals surface area contributed by atoms with Gasteiger partial charge in [-0.15, -0.1) is 0 Å². The molecule has 2 atom stereocenters. The summed E-state index contributed by atoms with van der Waals surface area (Å²) < 4.78 is 27.2. The number of rotatable bonds is 3. The summed E-state index contributed by atoms with van der Waals surface area (Å²) in [6.07, 6.45) is 1.20. The van der Waals surface area contributed by atoms with Gasteiger partial charge in [-0.2, -0.15) is 4.99 Å². The van der Waals surface area contributed by atoms with Gasteiger partial charge in [0.05, 0.1) is 11.8 Å². The van der Waals surface area contributed by atoms with Crippen molar-refractivity contribution in [3.63, 3.8) is 0 Å². The smallest absolute Gasteiger partial charge is 0.341 e. The molecule has 0 aliphatic carbocycles. The molecule has 1 aromatic rings. The van der Waals surface area contributed by atoms with Crippen LogP contribution in [0.1, 0.15) is 45.6 Å². The van der Waals surface area contributed by atoms with Gasteiger partial charge in [-0.1, -0.05) is 20.8 Å². The van der Waals surface area contributed by atoms with E-state index in [0.717, 1.165) is 12.1 Å². The van der Waals surface area contributed by atoms with Crippen molar-refractivity contribution in [2.24, 2.45) is 16.1 Å². The Balaban J connectivity index is 1.87. The zero-order valence-electron chi connectivity index (χ0n) is 20.8. The fourth-order valence-corrected chi connectivity index (χ4v) is 4.35. The van der Waals surface area contributed by atoms with Crippen LogP contribution >= 0.6 is 0 Å². The molecule has 3 amide bonds. The lowest BCUT2D eigenvalue weighted by Crippen LogP contribution is -2.56. The molecule has 2 unspecified atom stereocenters. The minimum absolute atomic E-state index is 0.216. The monoisotopic (exact) mass is 491 g/mol. The van der Waals surface area contributed by atoms with E-state index in [0.29, 0.717) is 55.7 Å². The van der Waals surface area contributed by atoms with Crippen LogP contribution < -0.4 is 11.1 Å². The van der Waals surface area contributed by atoms with Crippen molar-refractivity contribution in [3.8, 4) is 0 Å². The highest BCUT2D eigenvalue weighted by Gasteiger charge is 2.37. The van der Waals surface area contributed by atoms with Crippen molar-refractivity contribution in [2.75, 3.05) is 33.2 Å². The molecule has 0 aromatic heterocycles. The number of nitrogens with one attached hydrogen (secondary N) is 1. The number of aliphatic imine (C=N–C) groups is 1. The predicted molar refractivity (Wildman–Crippen MR) is 131 cm³/mol. The average Bonchev–Trinajstić information content (AvgIpc) is 2.79. The molecule has 2 saturated heterocycles. The van der Waals surface area contributed by atoms with Crippen molar-refractivity contribution in [3.05, 3.63) is 41.0 Å². The van der Waals surface area contributed by atoms with Crippen LogP contribution in [0.5, 0.6) is 0 Å². The molecular formula is C25H35F2N5O3. The Morgan fingerprint density at radius 3 is 2.57 bits per heavy atom. The Morgan fingerprint density at radius 2 is 1.94 bits per heavy atom. The molecule has 3 rings (SSSR count). The normalized spacial score (nSPS) is 23.2. The molecule has 10 heteroatoms. The summed E-state index contributed by atoms with van der Waals surface area (Å²) in [4.78, 5) is 34.0. The highest BCUT2D eigenvalue weighted by Crippen LogP contribution is 2.25. The Kier molecular flexibility index (Phi) is 8.27. The van der Waals surface area contributed by atoms with Crippen LogP contribution in [-0.2, 0) is 4.79 Å². The van der Waals surface area contributed by atoms with Gasteiger partial charge in [0.2, 0.25) is 5.91 Å². The highest BCUT2D eigenvalue weighted by molar-refractivity contribution is 6.11. The number of halogens is 2. The minimum Gasteiger partial charge on any atom is -0.398 e. The maximum Gasteiger partial charge on any atom is 0.341 e. The number of nitrogens with two attached hydrogens (primary N) is 1. The van der Waals surface area contributed by atoms with Crippen LogP contribution in [0.4, 0.5) is 13.6 Å². The summed E-state index contributed by atoms with van der Waals surface area (Å²) in [5.41, 5.74) is 7.23.